The SMILES string of the molecule is CCCC(CCc1cc2cccc(C)c2o1)NCC. The number of furan rings is 1. The molecule has 1 atom stereocenters. The van der Waals surface area contributed by atoms with Crippen LogP contribution in [0.25, 0.3) is 11.0 Å². The lowest BCUT2D eigenvalue weighted by molar-refractivity contribution is 0.437. The molecule has 2 rings (SSSR count). The van der Waals surface area contributed by atoms with E-state index in [4.69, 9.17) is 4.42 Å². The van der Waals surface area contributed by atoms with E-state index in [-0.39, 0.29) is 0 Å². The third kappa shape index (κ3) is 3.60. The quantitative estimate of drug-likeness (QED) is 0.794. The Morgan fingerprint density at radius 2 is 2.05 bits per heavy atom. The van der Waals surface area contributed by atoms with Gasteiger partial charge in [-0.15, -0.1) is 0 Å². The Morgan fingerprint density at radius 3 is 2.74 bits per heavy atom. The Kier molecular flexibility index (Phi) is 5.03. The fraction of sp³-hybridized carbons (Fsp3) is 0.529. The first kappa shape index (κ1) is 14.1. The molecule has 1 unspecified atom stereocenters. The highest BCUT2D eigenvalue weighted by atomic mass is 16.3. The van der Waals surface area contributed by atoms with Crippen LogP contribution in [0.15, 0.2) is 28.7 Å². The maximum absolute atomic E-state index is 5.98. The van der Waals surface area contributed by atoms with Gasteiger partial charge in [0.1, 0.15) is 11.3 Å². The van der Waals surface area contributed by atoms with Crippen molar-refractivity contribution >= 4 is 11.0 Å². The van der Waals surface area contributed by atoms with Gasteiger partial charge in [0.15, 0.2) is 0 Å². The van der Waals surface area contributed by atoms with Crippen LogP contribution in [0.5, 0.6) is 0 Å². The molecule has 2 aromatic rings. The molecular weight excluding hydrogens is 234 g/mol. The molecule has 0 amide bonds. The summed E-state index contributed by atoms with van der Waals surface area (Å²) >= 11 is 0. The smallest absolute Gasteiger partial charge is 0.137 e. The van der Waals surface area contributed by atoms with E-state index < -0.39 is 0 Å². The highest BCUT2D eigenvalue weighted by molar-refractivity contribution is 5.80. The number of fused-ring (bicyclic) bond motifs is 1. The largest absolute Gasteiger partial charge is 0.461 e. The summed E-state index contributed by atoms with van der Waals surface area (Å²) in [5.41, 5.74) is 2.27. The number of rotatable bonds is 7. The number of hydrogen-bond acceptors (Lipinski definition) is 2. The molecule has 1 aromatic carbocycles. The van der Waals surface area contributed by atoms with Crippen molar-refractivity contribution in [2.75, 3.05) is 6.54 Å². The number of aryl methyl sites for hydroxylation is 2. The van der Waals surface area contributed by atoms with E-state index in [2.05, 4.69) is 50.4 Å². The Hall–Kier alpha value is -1.28. The summed E-state index contributed by atoms with van der Waals surface area (Å²) in [6.07, 6.45) is 4.65. The molecule has 1 heterocycles. The first-order valence-corrected chi connectivity index (χ1v) is 7.46. The minimum atomic E-state index is 0.615. The second kappa shape index (κ2) is 6.76. The lowest BCUT2D eigenvalue weighted by Crippen LogP contribution is -2.29. The van der Waals surface area contributed by atoms with Crippen molar-refractivity contribution in [3.8, 4) is 0 Å². The van der Waals surface area contributed by atoms with Gasteiger partial charge in [-0.3, -0.25) is 0 Å². The average Bonchev–Trinajstić information content (AvgIpc) is 2.81. The maximum atomic E-state index is 5.98. The van der Waals surface area contributed by atoms with E-state index in [1.807, 2.05) is 0 Å². The Labute approximate surface area is 116 Å². The average molecular weight is 259 g/mol. The van der Waals surface area contributed by atoms with Crippen molar-refractivity contribution in [3.63, 3.8) is 0 Å². The van der Waals surface area contributed by atoms with E-state index in [0.717, 1.165) is 30.7 Å². The lowest BCUT2D eigenvalue weighted by atomic mass is 10.1. The standard InChI is InChI=1S/C17H25NO/c1-4-7-15(18-5-2)10-11-16-12-14-9-6-8-13(3)17(14)19-16/h6,8-9,12,15,18H,4-5,7,10-11H2,1-3H3. The summed E-state index contributed by atoms with van der Waals surface area (Å²) in [5.74, 6) is 1.11. The minimum Gasteiger partial charge on any atom is -0.461 e. The highest BCUT2D eigenvalue weighted by Gasteiger charge is 2.10. The zero-order valence-electron chi connectivity index (χ0n) is 12.3. The predicted molar refractivity (Wildman–Crippen MR) is 81.6 cm³/mol. The number of benzene rings is 1. The molecule has 2 heteroatoms. The van der Waals surface area contributed by atoms with Crippen LogP contribution in [0.1, 0.15) is 44.4 Å². The van der Waals surface area contributed by atoms with E-state index in [1.54, 1.807) is 0 Å². The molecular formula is C17H25NO. The Balaban J connectivity index is 2.02. The first-order chi connectivity index (χ1) is 9.24. The van der Waals surface area contributed by atoms with E-state index in [0.29, 0.717) is 6.04 Å². The Bertz CT molecular complexity index is 509. The second-order valence-electron chi connectivity index (χ2n) is 5.29. The summed E-state index contributed by atoms with van der Waals surface area (Å²) in [7, 11) is 0. The summed E-state index contributed by atoms with van der Waals surface area (Å²) < 4.78 is 5.98. The summed E-state index contributed by atoms with van der Waals surface area (Å²) in [5, 5.41) is 4.78. The summed E-state index contributed by atoms with van der Waals surface area (Å²) in [6.45, 7) is 7.57. The van der Waals surface area contributed by atoms with E-state index in [1.165, 1.54) is 23.8 Å². The minimum absolute atomic E-state index is 0.615. The lowest BCUT2D eigenvalue weighted by Gasteiger charge is -2.15. The van der Waals surface area contributed by atoms with Crippen molar-refractivity contribution in [2.45, 2.75) is 52.5 Å². The molecule has 0 bridgehead atoms. The third-order valence-electron chi connectivity index (χ3n) is 3.66. The molecule has 2 nitrogen and oxygen atoms in total. The molecule has 0 saturated carbocycles. The van der Waals surface area contributed by atoms with Crippen LogP contribution >= 0.6 is 0 Å². The van der Waals surface area contributed by atoms with Crippen LogP contribution in [0.3, 0.4) is 0 Å². The molecule has 0 spiro atoms. The van der Waals surface area contributed by atoms with Gasteiger partial charge in [0.25, 0.3) is 0 Å². The van der Waals surface area contributed by atoms with Gasteiger partial charge in [0.05, 0.1) is 0 Å². The molecule has 0 radical (unpaired) electrons. The highest BCUT2D eigenvalue weighted by Crippen LogP contribution is 2.23. The summed E-state index contributed by atoms with van der Waals surface area (Å²) in [6, 6.07) is 9.13. The molecule has 1 N–H and O–H groups in total. The van der Waals surface area contributed by atoms with Gasteiger partial charge >= 0.3 is 0 Å². The van der Waals surface area contributed by atoms with Crippen molar-refractivity contribution in [2.24, 2.45) is 0 Å². The van der Waals surface area contributed by atoms with Crippen molar-refractivity contribution < 1.29 is 4.42 Å². The first-order valence-electron chi connectivity index (χ1n) is 7.46. The van der Waals surface area contributed by atoms with Crippen molar-refractivity contribution in [3.05, 3.63) is 35.6 Å². The monoisotopic (exact) mass is 259 g/mol. The fourth-order valence-electron chi connectivity index (χ4n) is 2.69. The van der Waals surface area contributed by atoms with Gasteiger partial charge < -0.3 is 9.73 Å². The molecule has 0 aliphatic rings. The van der Waals surface area contributed by atoms with Crippen LogP contribution < -0.4 is 5.32 Å². The van der Waals surface area contributed by atoms with Gasteiger partial charge in [-0.05, 0) is 37.9 Å². The Morgan fingerprint density at radius 1 is 1.21 bits per heavy atom. The zero-order valence-corrected chi connectivity index (χ0v) is 12.3. The van der Waals surface area contributed by atoms with Gasteiger partial charge in [0, 0.05) is 17.8 Å². The molecule has 0 aliphatic carbocycles. The maximum Gasteiger partial charge on any atom is 0.137 e. The molecule has 19 heavy (non-hydrogen) atoms. The van der Waals surface area contributed by atoms with Crippen molar-refractivity contribution in [1.29, 1.82) is 0 Å². The number of para-hydroxylation sites is 1. The van der Waals surface area contributed by atoms with Crippen LogP contribution in [0.2, 0.25) is 0 Å². The van der Waals surface area contributed by atoms with Crippen LogP contribution in [-0.2, 0) is 6.42 Å². The zero-order chi connectivity index (χ0) is 13.7. The van der Waals surface area contributed by atoms with Gasteiger partial charge in [0.2, 0.25) is 0 Å². The second-order valence-corrected chi connectivity index (χ2v) is 5.29. The van der Waals surface area contributed by atoms with Gasteiger partial charge in [-0.1, -0.05) is 38.5 Å². The molecule has 0 aliphatic heterocycles. The van der Waals surface area contributed by atoms with Gasteiger partial charge in [-0.2, -0.15) is 0 Å². The normalized spacial score (nSPS) is 13.0. The predicted octanol–water partition coefficient (Wildman–Crippen LogP) is 4.45. The third-order valence-corrected chi connectivity index (χ3v) is 3.66. The van der Waals surface area contributed by atoms with Crippen LogP contribution in [0.4, 0.5) is 0 Å². The molecule has 1 aromatic heterocycles. The fourth-order valence-corrected chi connectivity index (χ4v) is 2.69. The number of nitrogens with one attached hydrogen (secondary N) is 1. The van der Waals surface area contributed by atoms with Crippen LogP contribution in [0, 0.1) is 6.92 Å². The molecule has 0 saturated heterocycles. The summed E-state index contributed by atoms with van der Waals surface area (Å²) in [4.78, 5) is 0. The van der Waals surface area contributed by atoms with E-state index >= 15 is 0 Å². The van der Waals surface area contributed by atoms with Crippen molar-refractivity contribution in [1.82, 2.24) is 5.32 Å². The molecule has 104 valence electrons. The molecule has 0 fully saturated rings. The topological polar surface area (TPSA) is 25.2 Å². The van der Waals surface area contributed by atoms with Gasteiger partial charge in [-0.25, -0.2) is 0 Å². The van der Waals surface area contributed by atoms with E-state index in [9.17, 15) is 0 Å². The number of hydrogen-bond donors (Lipinski definition) is 1. The van der Waals surface area contributed by atoms with Crippen LogP contribution in [-0.4, -0.2) is 12.6 Å².